The highest BCUT2D eigenvalue weighted by atomic mass is 16.5. The van der Waals surface area contributed by atoms with Gasteiger partial charge in [0.2, 0.25) is 5.91 Å². The highest BCUT2D eigenvalue weighted by Crippen LogP contribution is 2.32. The molecule has 0 bridgehead atoms. The number of nitrogens with zero attached hydrogens (tertiary/aromatic N) is 1. The van der Waals surface area contributed by atoms with E-state index in [2.05, 4.69) is 10.3 Å². The SMILES string of the molecule is COc1ccccc1C(C)(C)C(=O)Nc1ccc(C)cn1. The molecule has 110 valence electrons. The van der Waals surface area contributed by atoms with Crippen molar-refractivity contribution < 1.29 is 9.53 Å². The van der Waals surface area contributed by atoms with Crippen molar-refractivity contribution in [2.45, 2.75) is 26.2 Å². The van der Waals surface area contributed by atoms with Gasteiger partial charge in [0.05, 0.1) is 12.5 Å². The second-order valence-corrected chi connectivity index (χ2v) is 5.50. The molecule has 1 aromatic carbocycles. The normalized spacial score (nSPS) is 11.0. The van der Waals surface area contributed by atoms with Gasteiger partial charge in [0.25, 0.3) is 0 Å². The van der Waals surface area contributed by atoms with Crippen LogP contribution < -0.4 is 10.1 Å². The van der Waals surface area contributed by atoms with E-state index in [1.807, 2.05) is 51.1 Å². The molecule has 4 nitrogen and oxygen atoms in total. The summed E-state index contributed by atoms with van der Waals surface area (Å²) in [7, 11) is 1.61. The van der Waals surface area contributed by atoms with Crippen LogP contribution in [0.2, 0.25) is 0 Å². The molecule has 0 aliphatic carbocycles. The highest BCUT2D eigenvalue weighted by Gasteiger charge is 2.32. The van der Waals surface area contributed by atoms with E-state index in [0.29, 0.717) is 11.6 Å². The van der Waals surface area contributed by atoms with Crippen molar-refractivity contribution in [2.24, 2.45) is 0 Å². The quantitative estimate of drug-likeness (QED) is 0.937. The lowest BCUT2D eigenvalue weighted by molar-refractivity contribution is -0.120. The van der Waals surface area contributed by atoms with Crippen LogP contribution in [0.1, 0.15) is 25.0 Å². The molecular formula is C17H20N2O2. The van der Waals surface area contributed by atoms with Gasteiger partial charge in [-0.1, -0.05) is 24.3 Å². The van der Waals surface area contributed by atoms with Crippen LogP contribution >= 0.6 is 0 Å². The van der Waals surface area contributed by atoms with Crippen LogP contribution in [0.25, 0.3) is 0 Å². The number of anilines is 1. The summed E-state index contributed by atoms with van der Waals surface area (Å²) in [4.78, 5) is 16.8. The number of hydrogen-bond acceptors (Lipinski definition) is 3. The molecule has 1 heterocycles. The smallest absolute Gasteiger partial charge is 0.235 e. The third-order valence-corrected chi connectivity index (χ3v) is 3.50. The summed E-state index contributed by atoms with van der Waals surface area (Å²) in [5, 5.41) is 2.85. The summed E-state index contributed by atoms with van der Waals surface area (Å²) >= 11 is 0. The zero-order valence-corrected chi connectivity index (χ0v) is 12.8. The highest BCUT2D eigenvalue weighted by molar-refractivity contribution is 5.98. The number of rotatable bonds is 4. The molecule has 0 fully saturated rings. The molecule has 0 radical (unpaired) electrons. The van der Waals surface area contributed by atoms with Crippen LogP contribution in [0.5, 0.6) is 5.75 Å². The van der Waals surface area contributed by atoms with Crippen LogP contribution in [-0.2, 0) is 10.2 Å². The maximum Gasteiger partial charge on any atom is 0.235 e. The van der Waals surface area contributed by atoms with Gasteiger partial charge < -0.3 is 10.1 Å². The Balaban J connectivity index is 2.26. The van der Waals surface area contributed by atoms with Gasteiger partial charge in [0.1, 0.15) is 11.6 Å². The third kappa shape index (κ3) is 3.21. The van der Waals surface area contributed by atoms with E-state index in [0.717, 1.165) is 11.1 Å². The lowest BCUT2D eigenvalue weighted by atomic mass is 9.83. The molecule has 0 atom stereocenters. The van der Waals surface area contributed by atoms with Gasteiger partial charge in [-0.3, -0.25) is 4.79 Å². The van der Waals surface area contributed by atoms with E-state index < -0.39 is 5.41 Å². The van der Waals surface area contributed by atoms with Gasteiger partial charge in [-0.15, -0.1) is 0 Å². The predicted molar refractivity (Wildman–Crippen MR) is 83.6 cm³/mol. The van der Waals surface area contributed by atoms with E-state index in [1.54, 1.807) is 19.4 Å². The molecule has 0 aliphatic heterocycles. The molecule has 1 N–H and O–H groups in total. The van der Waals surface area contributed by atoms with E-state index in [4.69, 9.17) is 4.74 Å². The monoisotopic (exact) mass is 284 g/mol. The topological polar surface area (TPSA) is 51.2 Å². The third-order valence-electron chi connectivity index (χ3n) is 3.50. The Morgan fingerprint density at radius 3 is 2.52 bits per heavy atom. The van der Waals surface area contributed by atoms with Crippen LogP contribution in [0, 0.1) is 6.92 Å². The second-order valence-electron chi connectivity index (χ2n) is 5.50. The molecule has 0 saturated carbocycles. The first-order valence-corrected chi connectivity index (χ1v) is 6.83. The number of aromatic nitrogens is 1. The molecule has 0 aliphatic rings. The number of hydrogen-bond donors (Lipinski definition) is 1. The summed E-state index contributed by atoms with van der Waals surface area (Å²) in [6, 6.07) is 11.3. The van der Waals surface area contributed by atoms with Crippen molar-refractivity contribution >= 4 is 11.7 Å². The van der Waals surface area contributed by atoms with Gasteiger partial charge in [-0.2, -0.15) is 0 Å². The Labute approximate surface area is 125 Å². The molecule has 21 heavy (non-hydrogen) atoms. The Bertz CT molecular complexity index is 633. The van der Waals surface area contributed by atoms with Crippen molar-refractivity contribution in [1.82, 2.24) is 4.98 Å². The number of carbonyl (C=O) groups is 1. The van der Waals surface area contributed by atoms with Crippen LogP contribution in [0.15, 0.2) is 42.6 Å². The largest absolute Gasteiger partial charge is 0.496 e. The Hall–Kier alpha value is -2.36. The van der Waals surface area contributed by atoms with Gasteiger partial charge in [0.15, 0.2) is 0 Å². The van der Waals surface area contributed by atoms with E-state index >= 15 is 0 Å². The second kappa shape index (κ2) is 5.95. The first kappa shape index (κ1) is 15.0. The van der Waals surface area contributed by atoms with E-state index in [1.165, 1.54) is 0 Å². The lowest BCUT2D eigenvalue weighted by Crippen LogP contribution is -2.35. The minimum atomic E-state index is -0.723. The summed E-state index contributed by atoms with van der Waals surface area (Å²) < 4.78 is 5.35. The Morgan fingerprint density at radius 2 is 1.90 bits per heavy atom. The molecule has 1 aromatic heterocycles. The molecular weight excluding hydrogens is 264 g/mol. The maximum absolute atomic E-state index is 12.6. The van der Waals surface area contributed by atoms with Crippen LogP contribution in [0.3, 0.4) is 0 Å². The molecule has 0 saturated heterocycles. The number of ether oxygens (including phenoxy) is 1. The fourth-order valence-electron chi connectivity index (χ4n) is 2.10. The molecule has 4 heteroatoms. The summed E-state index contributed by atoms with van der Waals surface area (Å²) in [6.45, 7) is 5.69. The number of carbonyl (C=O) groups excluding carboxylic acids is 1. The fourth-order valence-corrected chi connectivity index (χ4v) is 2.10. The van der Waals surface area contributed by atoms with E-state index in [9.17, 15) is 4.79 Å². The average molecular weight is 284 g/mol. The number of pyridine rings is 1. The van der Waals surface area contributed by atoms with Crippen LogP contribution in [-0.4, -0.2) is 18.0 Å². The Kier molecular flexibility index (Phi) is 4.26. The van der Waals surface area contributed by atoms with Gasteiger partial charge in [0, 0.05) is 11.8 Å². The zero-order chi connectivity index (χ0) is 15.5. The van der Waals surface area contributed by atoms with Crippen molar-refractivity contribution in [3.05, 3.63) is 53.7 Å². The fraction of sp³-hybridized carbons (Fsp3) is 0.294. The molecule has 1 amide bonds. The number of benzene rings is 1. The standard InChI is InChI=1S/C17H20N2O2/c1-12-9-10-15(18-11-12)19-16(20)17(2,3)13-7-5-6-8-14(13)21-4/h5-11H,1-4H3,(H,18,19,20). The zero-order valence-electron chi connectivity index (χ0n) is 12.8. The predicted octanol–water partition coefficient (Wildman–Crippen LogP) is 3.31. The number of aryl methyl sites for hydroxylation is 1. The van der Waals surface area contributed by atoms with Gasteiger partial charge in [-0.05, 0) is 38.5 Å². The lowest BCUT2D eigenvalue weighted by Gasteiger charge is -2.25. The van der Waals surface area contributed by atoms with Gasteiger partial charge >= 0.3 is 0 Å². The number of methoxy groups -OCH3 is 1. The molecule has 2 aromatic rings. The summed E-state index contributed by atoms with van der Waals surface area (Å²) in [6.07, 6.45) is 1.73. The summed E-state index contributed by atoms with van der Waals surface area (Å²) in [5.74, 6) is 1.13. The minimum absolute atomic E-state index is 0.122. The maximum atomic E-state index is 12.6. The molecule has 0 unspecified atom stereocenters. The van der Waals surface area contributed by atoms with Gasteiger partial charge in [-0.25, -0.2) is 4.98 Å². The van der Waals surface area contributed by atoms with Crippen molar-refractivity contribution in [3.8, 4) is 5.75 Å². The Morgan fingerprint density at radius 1 is 1.19 bits per heavy atom. The number of nitrogens with one attached hydrogen (secondary N) is 1. The van der Waals surface area contributed by atoms with Crippen LogP contribution in [0.4, 0.5) is 5.82 Å². The average Bonchev–Trinajstić information content (AvgIpc) is 2.49. The molecule has 0 spiro atoms. The van der Waals surface area contributed by atoms with E-state index in [-0.39, 0.29) is 5.91 Å². The minimum Gasteiger partial charge on any atom is -0.496 e. The van der Waals surface area contributed by atoms with Crippen molar-refractivity contribution in [2.75, 3.05) is 12.4 Å². The molecule has 2 rings (SSSR count). The first-order chi connectivity index (χ1) is 9.95. The number of para-hydroxylation sites is 1. The van der Waals surface area contributed by atoms with Crippen molar-refractivity contribution in [1.29, 1.82) is 0 Å². The summed E-state index contributed by atoms with van der Waals surface area (Å²) in [5.41, 5.74) is 1.17. The first-order valence-electron chi connectivity index (χ1n) is 6.83. The number of amides is 1. The van der Waals surface area contributed by atoms with Crippen molar-refractivity contribution in [3.63, 3.8) is 0 Å².